The minimum absolute atomic E-state index is 0.00261. The molecule has 0 aromatic heterocycles. The Bertz CT molecular complexity index is 320. The van der Waals surface area contributed by atoms with Crippen LogP contribution in [0.5, 0.6) is 0 Å². The minimum Gasteiger partial charge on any atom is -0.382 e. The summed E-state index contributed by atoms with van der Waals surface area (Å²) in [6, 6.07) is 0. The van der Waals surface area contributed by atoms with Crippen LogP contribution in [0.1, 0.15) is 20.3 Å². The third-order valence-electron chi connectivity index (χ3n) is 2.45. The van der Waals surface area contributed by atoms with Crippen LogP contribution >= 0.6 is 23.6 Å². The molecular weight excluding hydrogens is 301 g/mol. The van der Waals surface area contributed by atoms with Crippen molar-refractivity contribution in [1.29, 1.82) is 0 Å². The van der Waals surface area contributed by atoms with Crippen molar-refractivity contribution in [2.24, 2.45) is 0 Å². The Morgan fingerprint density at radius 2 is 1.72 bits per heavy atom. The van der Waals surface area contributed by atoms with E-state index in [2.05, 4.69) is 0 Å². The molecule has 0 rings (SSSR count). The summed E-state index contributed by atoms with van der Waals surface area (Å²) in [5, 5.41) is 0. The molecular formula is C10H21Cl2NO4S. The van der Waals surface area contributed by atoms with Crippen molar-refractivity contribution < 1.29 is 17.9 Å². The van der Waals surface area contributed by atoms with Gasteiger partial charge < -0.3 is 9.47 Å². The molecule has 0 spiro atoms. The van der Waals surface area contributed by atoms with Crippen LogP contribution in [0.2, 0.25) is 0 Å². The Labute approximate surface area is 119 Å². The molecule has 0 unspecified atom stereocenters. The number of ether oxygens (including phenoxy) is 2. The molecule has 0 aliphatic heterocycles. The molecule has 0 aliphatic carbocycles. The van der Waals surface area contributed by atoms with Gasteiger partial charge >= 0.3 is 0 Å². The van der Waals surface area contributed by atoms with E-state index in [1.165, 1.54) is 0 Å². The lowest BCUT2D eigenvalue weighted by atomic mass is 10.0. The maximum Gasteiger partial charge on any atom is 0.152 e. The Kier molecular flexibility index (Phi) is 8.75. The highest BCUT2D eigenvalue weighted by Gasteiger charge is 2.26. The number of methoxy groups -OCH3 is 1. The van der Waals surface area contributed by atoms with Gasteiger partial charge in [0.05, 0.1) is 31.3 Å². The maximum atomic E-state index is 11.7. The predicted octanol–water partition coefficient (Wildman–Crippen LogP) is 1.84. The SMILES string of the molecule is COCCOCCS(=O)(=O)CCC(C)(C)N(Cl)Cl. The molecule has 0 aromatic rings. The lowest BCUT2D eigenvalue weighted by Gasteiger charge is -2.27. The van der Waals surface area contributed by atoms with Crippen LogP contribution in [0.25, 0.3) is 0 Å². The lowest BCUT2D eigenvalue weighted by molar-refractivity contribution is 0.0785. The monoisotopic (exact) mass is 321 g/mol. The fourth-order valence-electron chi connectivity index (χ4n) is 1.02. The largest absolute Gasteiger partial charge is 0.382 e. The second-order valence-corrected chi connectivity index (χ2v) is 7.71. The van der Waals surface area contributed by atoms with Gasteiger partial charge in [-0.1, -0.05) is 0 Å². The molecule has 0 bridgehead atoms. The van der Waals surface area contributed by atoms with Crippen LogP contribution in [0.15, 0.2) is 0 Å². The highest BCUT2D eigenvalue weighted by Crippen LogP contribution is 2.24. The van der Waals surface area contributed by atoms with Gasteiger partial charge in [-0.3, -0.25) is 0 Å². The molecule has 0 aliphatic rings. The zero-order valence-electron chi connectivity index (χ0n) is 11.0. The van der Waals surface area contributed by atoms with Gasteiger partial charge in [0, 0.05) is 12.6 Å². The second-order valence-electron chi connectivity index (χ2n) is 4.55. The first kappa shape index (κ1) is 18.4. The van der Waals surface area contributed by atoms with E-state index in [-0.39, 0.29) is 18.1 Å². The molecule has 0 heterocycles. The average Bonchev–Trinajstić information content (AvgIpc) is 2.26. The molecule has 0 atom stereocenters. The van der Waals surface area contributed by atoms with Crippen molar-refractivity contribution in [3.63, 3.8) is 0 Å². The number of sulfone groups is 1. The number of hydrogen-bond acceptors (Lipinski definition) is 5. The summed E-state index contributed by atoms with van der Waals surface area (Å²) in [6.07, 6.45) is 0.362. The molecule has 0 saturated heterocycles. The van der Waals surface area contributed by atoms with Crippen LogP contribution in [0, 0.1) is 0 Å². The summed E-state index contributed by atoms with van der Waals surface area (Å²) in [7, 11) is -1.58. The Hall–Kier alpha value is 0.410. The fourth-order valence-corrected chi connectivity index (χ4v) is 2.58. The van der Waals surface area contributed by atoms with Crippen molar-refractivity contribution in [3.05, 3.63) is 0 Å². The van der Waals surface area contributed by atoms with Gasteiger partial charge in [-0.15, -0.1) is 3.94 Å². The number of nitrogens with zero attached hydrogens (tertiary/aromatic N) is 1. The molecule has 0 N–H and O–H groups in total. The zero-order valence-corrected chi connectivity index (χ0v) is 13.3. The first-order valence-corrected chi connectivity index (χ1v) is 8.10. The summed E-state index contributed by atoms with van der Waals surface area (Å²) in [5.41, 5.74) is -0.576. The third-order valence-corrected chi connectivity index (χ3v) is 4.98. The first-order valence-electron chi connectivity index (χ1n) is 5.60. The Morgan fingerprint density at radius 3 is 2.22 bits per heavy atom. The van der Waals surface area contributed by atoms with Gasteiger partial charge in [0.25, 0.3) is 0 Å². The van der Waals surface area contributed by atoms with Crippen molar-refractivity contribution in [2.45, 2.75) is 25.8 Å². The van der Waals surface area contributed by atoms with Crippen LogP contribution in [0.4, 0.5) is 0 Å². The van der Waals surface area contributed by atoms with Crippen LogP contribution < -0.4 is 0 Å². The van der Waals surface area contributed by atoms with Crippen molar-refractivity contribution in [3.8, 4) is 0 Å². The summed E-state index contributed by atoms with van der Waals surface area (Å²) >= 11 is 11.3. The maximum absolute atomic E-state index is 11.7. The molecule has 0 radical (unpaired) electrons. The van der Waals surface area contributed by atoms with Gasteiger partial charge in [0.2, 0.25) is 0 Å². The predicted molar refractivity (Wildman–Crippen MR) is 73.6 cm³/mol. The van der Waals surface area contributed by atoms with E-state index in [0.717, 1.165) is 3.94 Å². The van der Waals surface area contributed by atoms with Crippen LogP contribution in [0.3, 0.4) is 0 Å². The lowest BCUT2D eigenvalue weighted by Crippen LogP contribution is -2.34. The van der Waals surface area contributed by atoms with Gasteiger partial charge in [0.15, 0.2) is 9.84 Å². The third kappa shape index (κ3) is 8.50. The number of halogens is 2. The molecule has 110 valence electrons. The van der Waals surface area contributed by atoms with E-state index in [0.29, 0.717) is 19.6 Å². The molecule has 5 nitrogen and oxygen atoms in total. The van der Waals surface area contributed by atoms with E-state index in [1.54, 1.807) is 21.0 Å². The molecule has 0 saturated carbocycles. The molecule has 8 heteroatoms. The molecule has 18 heavy (non-hydrogen) atoms. The Morgan fingerprint density at radius 1 is 1.11 bits per heavy atom. The minimum atomic E-state index is -3.15. The van der Waals surface area contributed by atoms with Gasteiger partial charge in [0.1, 0.15) is 0 Å². The van der Waals surface area contributed by atoms with Gasteiger partial charge in [-0.05, 0) is 43.8 Å². The van der Waals surface area contributed by atoms with E-state index >= 15 is 0 Å². The summed E-state index contributed by atoms with van der Waals surface area (Å²) in [5.74, 6) is 0.0287. The van der Waals surface area contributed by atoms with E-state index in [1.807, 2.05) is 0 Å². The highest BCUT2D eigenvalue weighted by atomic mass is 35.5. The van der Waals surface area contributed by atoms with Crippen LogP contribution in [-0.4, -0.2) is 56.3 Å². The van der Waals surface area contributed by atoms with E-state index < -0.39 is 15.4 Å². The zero-order chi connectivity index (χ0) is 14.2. The van der Waals surface area contributed by atoms with Crippen molar-refractivity contribution >= 4 is 33.4 Å². The quantitative estimate of drug-likeness (QED) is 0.454. The average molecular weight is 322 g/mol. The number of rotatable bonds is 10. The molecule has 0 amide bonds. The number of hydrogen-bond donors (Lipinski definition) is 0. The van der Waals surface area contributed by atoms with Gasteiger partial charge in [-0.25, -0.2) is 8.42 Å². The smallest absolute Gasteiger partial charge is 0.152 e. The first-order chi connectivity index (χ1) is 8.21. The molecule has 0 fully saturated rings. The van der Waals surface area contributed by atoms with Crippen molar-refractivity contribution in [2.75, 3.05) is 38.4 Å². The Balaban J connectivity index is 3.94. The fraction of sp³-hybridized carbons (Fsp3) is 1.00. The summed E-state index contributed by atoms with van der Waals surface area (Å²) in [6.45, 7) is 4.59. The second kappa shape index (κ2) is 8.55. The summed E-state index contributed by atoms with van der Waals surface area (Å²) in [4.78, 5) is 0. The topological polar surface area (TPSA) is 55.8 Å². The van der Waals surface area contributed by atoms with Crippen LogP contribution in [-0.2, 0) is 19.3 Å². The molecule has 0 aromatic carbocycles. The van der Waals surface area contributed by atoms with Gasteiger partial charge in [-0.2, -0.15) is 0 Å². The normalized spacial score (nSPS) is 13.2. The highest BCUT2D eigenvalue weighted by molar-refractivity contribution is 7.91. The summed E-state index contributed by atoms with van der Waals surface area (Å²) < 4.78 is 34.3. The van der Waals surface area contributed by atoms with Crippen molar-refractivity contribution in [1.82, 2.24) is 3.94 Å². The standard InChI is InChI=1S/C10H21Cl2NO4S/c1-10(2,13(11)12)4-8-18(14,15)9-7-17-6-5-16-3/h4-9H2,1-3H3. The van der Waals surface area contributed by atoms with E-state index in [9.17, 15) is 8.42 Å². The van der Waals surface area contributed by atoms with E-state index in [4.69, 9.17) is 33.0 Å².